The summed E-state index contributed by atoms with van der Waals surface area (Å²) in [5, 5.41) is 15.3. The Bertz CT molecular complexity index is 565. The molecule has 1 aromatic rings. The zero-order valence-corrected chi connectivity index (χ0v) is 8.60. The third kappa shape index (κ3) is 2.32. The lowest BCUT2D eigenvalue weighted by molar-refractivity contribution is -0.385. The minimum absolute atomic E-state index is 0.410. The van der Waals surface area contributed by atoms with E-state index in [0.29, 0.717) is 0 Å². The number of carbonyl (C=O) groups excluding carboxylic acids is 1. The molecule has 16 heavy (non-hydrogen) atoms. The summed E-state index contributed by atoms with van der Waals surface area (Å²) in [5.41, 5.74) is 3.81. The Labute approximate surface area is 90.1 Å². The van der Waals surface area contributed by atoms with Gasteiger partial charge in [0.2, 0.25) is 10.0 Å². The first-order chi connectivity index (χ1) is 7.23. The number of benzene rings is 1. The number of nitro benzene ring substituents is 1. The summed E-state index contributed by atoms with van der Waals surface area (Å²) >= 11 is 0. The van der Waals surface area contributed by atoms with Crippen LogP contribution in [0.3, 0.4) is 0 Å². The number of primary sulfonamides is 1. The maximum absolute atomic E-state index is 10.9. The first-order valence-electron chi connectivity index (χ1n) is 3.84. The number of nitrogens with two attached hydrogens (primary N) is 2. The van der Waals surface area contributed by atoms with Crippen LogP contribution < -0.4 is 10.9 Å². The molecule has 8 nitrogen and oxygen atoms in total. The van der Waals surface area contributed by atoms with Gasteiger partial charge in [-0.25, -0.2) is 13.6 Å². The fourth-order valence-electron chi connectivity index (χ4n) is 1.05. The number of rotatable bonds is 3. The lowest BCUT2D eigenvalue weighted by atomic mass is 10.2. The van der Waals surface area contributed by atoms with Crippen molar-refractivity contribution >= 4 is 21.6 Å². The first-order valence-corrected chi connectivity index (χ1v) is 5.39. The molecule has 0 heterocycles. The Morgan fingerprint density at radius 1 is 1.38 bits per heavy atom. The fraction of sp³-hybridized carbons (Fsp3) is 0. The third-order valence-corrected chi connectivity index (χ3v) is 2.67. The molecule has 0 aliphatic heterocycles. The maximum Gasteiger partial charge on any atom is 0.282 e. The van der Waals surface area contributed by atoms with Gasteiger partial charge in [-0.3, -0.25) is 14.9 Å². The Morgan fingerprint density at radius 3 is 2.31 bits per heavy atom. The number of nitro groups is 1. The zero-order valence-electron chi connectivity index (χ0n) is 7.78. The molecular weight excluding hydrogens is 238 g/mol. The Balaban J connectivity index is 3.52. The van der Waals surface area contributed by atoms with Crippen molar-refractivity contribution in [2.24, 2.45) is 10.9 Å². The van der Waals surface area contributed by atoms with Gasteiger partial charge in [0.15, 0.2) is 0 Å². The lowest BCUT2D eigenvalue weighted by Crippen LogP contribution is -2.17. The molecule has 86 valence electrons. The van der Waals surface area contributed by atoms with Gasteiger partial charge in [0.25, 0.3) is 11.6 Å². The van der Waals surface area contributed by atoms with E-state index in [9.17, 15) is 23.3 Å². The second-order valence-electron chi connectivity index (χ2n) is 2.85. The van der Waals surface area contributed by atoms with Gasteiger partial charge in [-0.1, -0.05) is 0 Å². The van der Waals surface area contributed by atoms with Crippen molar-refractivity contribution < 1.29 is 18.1 Å². The van der Waals surface area contributed by atoms with Gasteiger partial charge in [0, 0.05) is 6.07 Å². The summed E-state index contributed by atoms with van der Waals surface area (Å²) < 4.78 is 21.9. The van der Waals surface area contributed by atoms with E-state index in [-0.39, 0.29) is 0 Å². The van der Waals surface area contributed by atoms with Crippen LogP contribution in [0.2, 0.25) is 0 Å². The van der Waals surface area contributed by atoms with Gasteiger partial charge < -0.3 is 5.73 Å². The third-order valence-electron chi connectivity index (χ3n) is 1.76. The number of sulfonamides is 1. The highest BCUT2D eigenvalue weighted by atomic mass is 32.2. The van der Waals surface area contributed by atoms with Crippen molar-refractivity contribution in [1.82, 2.24) is 0 Å². The van der Waals surface area contributed by atoms with Crippen LogP contribution in [0.5, 0.6) is 0 Å². The number of hydrogen-bond donors (Lipinski definition) is 2. The summed E-state index contributed by atoms with van der Waals surface area (Å²) in [4.78, 5) is 20.1. The monoisotopic (exact) mass is 245 g/mol. The minimum Gasteiger partial charge on any atom is -0.365 e. The number of hydrogen-bond acceptors (Lipinski definition) is 5. The number of carbonyl (C=O) groups is 1. The van der Waals surface area contributed by atoms with Crippen LogP contribution in [0, 0.1) is 10.1 Å². The predicted octanol–water partition coefficient (Wildman–Crippen LogP) is -0.659. The lowest BCUT2D eigenvalue weighted by Gasteiger charge is -2.01. The quantitative estimate of drug-likeness (QED) is 0.536. The zero-order chi connectivity index (χ0) is 12.5. The Morgan fingerprint density at radius 2 is 1.94 bits per heavy atom. The summed E-state index contributed by atoms with van der Waals surface area (Å²) in [6.07, 6.45) is 0. The van der Waals surface area contributed by atoms with Gasteiger partial charge in [0.1, 0.15) is 5.56 Å². The van der Waals surface area contributed by atoms with E-state index in [2.05, 4.69) is 0 Å². The Kier molecular flexibility index (Phi) is 2.92. The molecule has 0 bridgehead atoms. The van der Waals surface area contributed by atoms with Crippen molar-refractivity contribution in [3.05, 3.63) is 33.9 Å². The molecule has 1 amide bonds. The van der Waals surface area contributed by atoms with Gasteiger partial charge in [0.05, 0.1) is 9.82 Å². The number of primary amides is 1. The van der Waals surface area contributed by atoms with E-state index >= 15 is 0 Å². The summed E-state index contributed by atoms with van der Waals surface area (Å²) in [5.74, 6) is -1.10. The van der Waals surface area contributed by atoms with E-state index in [0.717, 1.165) is 18.2 Å². The standard InChI is InChI=1S/C7H7N3O5S/c8-7(11)5-3-4(16(9,14)15)1-2-6(5)10(12)13/h1-3H,(H2,8,11)(H2,9,14,15). The van der Waals surface area contributed by atoms with Gasteiger partial charge in [-0.15, -0.1) is 0 Å². The van der Waals surface area contributed by atoms with Crippen molar-refractivity contribution in [2.75, 3.05) is 0 Å². The number of nitrogens with zero attached hydrogens (tertiary/aromatic N) is 1. The Hall–Kier alpha value is -2.00. The largest absolute Gasteiger partial charge is 0.365 e. The SMILES string of the molecule is NC(=O)c1cc(S(N)(=O)=O)ccc1[N+](=O)[O-]. The molecule has 0 aliphatic carbocycles. The molecule has 0 unspecified atom stereocenters. The van der Waals surface area contributed by atoms with Crippen molar-refractivity contribution in [3.8, 4) is 0 Å². The van der Waals surface area contributed by atoms with Crippen molar-refractivity contribution in [1.29, 1.82) is 0 Å². The molecule has 1 aromatic carbocycles. The van der Waals surface area contributed by atoms with Gasteiger partial charge in [-0.05, 0) is 12.1 Å². The van der Waals surface area contributed by atoms with Crippen LogP contribution in [0.1, 0.15) is 10.4 Å². The van der Waals surface area contributed by atoms with Crippen molar-refractivity contribution in [2.45, 2.75) is 4.90 Å². The van der Waals surface area contributed by atoms with Crippen LogP contribution in [-0.2, 0) is 10.0 Å². The minimum atomic E-state index is -4.03. The van der Waals surface area contributed by atoms with E-state index in [4.69, 9.17) is 10.9 Å². The number of amides is 1. The van der Waals surface area contributed by atoms with E-state index in [1.807, 2.05) is 0 Å². The topological polar surface area (TPSA) is 146 Å². The molecule has 0 radical (unpaired) electrons. The van der Waals surface area contributed by atoms with Crippen molar-refractivity contribution in [3.63, 3.8) is 0 Å². The average Bonchev–Trinajstić information content (AvgIpc) is 2.15. The van der Waals surface area contributed by atoms with Crippen LogP contribution in [0.15, 0.2) is 23.1 Å². The molecule has 0 fully saturated rings. The summed E-state index contributed by atoms with van der Waals surface area (Å²) in [6, 6.07) is 2.57. The summed E-state index contributed by atoms with van der Waals surface area (Å²) in [6.45, 7) is 0. The van der Waals surface area contributed by atoms with Gasteiger partial charge >= 0.3 is 0 Å². The van der Waals surface area contributed by atoms with Crippen LogP contribution in [-0.4, -0.2) is 19.2 Å². The molecule has 0 atom stereocenters. The smallest absolute Gasteiger partial charge is 0.282 e. The summed E-state index contributed by atoms with van der Waals surface area (Å²) in [7, 11) is -4.03. The molecular formula is C7H7N3O5S. The van der Waals surface area contributed by atoms with Crippen LogP contribution in [0.4, 0.5) is 5.69 Å². The molecule has 4 N–H and O–H groups in total. The molecule has 1 rings (SSSR count). The van der Waals surface area contributed by atoms with E-state index in [1.54, 1.807) is 0 Å². The highest BCUT2D eigenvalue weighted by Crippen LogP contribution is 2.21. The second kappa shape index (κ2) is 3.87. The van der Waals surface area contributed by atoms with Crippen LogP contribution in [0.25, 0.3) is 0 Å². The van der Waals surface area contributed by atoms with Gasteiger partial charge in [-0.2, -0.15) is 0 Å². The first kappa shape index (κ1) is 12.1. The van der Waals surface area contributed by atoms with Crippen LogP contribution >= 0.6 is 0 Å². The molecule has 0 aliphatic rings. The molecule has 0 saturated carbocycles. The highest BCUT2D eigenvalue weighted by molar-refractivity contribution is 7.89. The maximum atomic E-state index is 10.9. The molecule has 0 aromatic heterocycles. The predicted molar refractivity (Wildman–Crippen MR) is 53.0 cm³/mol. The average molecular weight is 245 g/mol. The highest BCUT2D eigenvalue weighted by Gasteiger charge is 2.21. The second-order valence-corrected chi connectivity index (χ2v) is 4.41. The molecule has 9 heteroatoms. The molecule has 0 spiro atoms. The molecule has 0 saturated heterocycles. The fourth-order valence-corrected chi connectivity index (χ4v) is 1.59. The normalized spacial score (nSPS) is 11.1. The van der Waals surface area contributed by atoms with E-state index < -0.39 is 37.0 Å². The van der Waals surface area contributed by atoms with E-state index in [1.165, 1.54) is 0 Å².